The lowest BCUT2D eigenvalue weighted by Crippen LogP contribution is -1.94. The lowest BCUT2D eigenvalue weighted by atomic mass is 9.99. The van der Waals surface area contributed by atoms with Gasteiger partial charge in [0.05, 0.1) is 19.6 Å². The number of aromatic hydroxyl groups is 1. The van der Waals surface area contributed by atoms with Crippen LogP contribution in [0.4, 0.5) is 0 Å². The first-order valence-electron chi connectivity index (χ1n) is 7.19. The Bertz CT molecular complexity index is 724. The Balaban J connectivity index is 1.75. The van der Waals surface area contributed by atoms with Crippen molar-refractivity contribution in [3.8, 4) is 11.5 Å². The van der Waals surface area contributed by atoms with Gasteiger partial charge in [-0.15, -0.1) is 0 Å². The molecule has 0 aliphatic rings. The van der Waals surface area contributed by atoms with Crippen molar-refractivity contribution in [2.24, 2.45) is 0 Å². The normalized spacial score (nSPS) is 10.6. The van der Waals surface area contributed by atoms with Crippen LogP contribution in [0.3, 0.4) is 0 Å². The van der Waals surface area contributed by atoms with Gasteiger partial charge in [0, 0.05) is 12.8 Å². The summed E-state index contributed by atoms with van der Waals surface area (Å²) in [7, 11) is 1.67. The zero-order valence-electron chi connectivity index (χ0n) is 12.5. The minimum absolute atomic E-state index is 0.286. The highest BCUT2D eigenvalue weighted by Crippen LogP contribution is 2.21. The second-order valence-electron chi connectivity index (χ2n) is 5.29. The molecule has 0 bridgehead atoms. The van der Waals surface area contributed by atoms with Crippen LogP contribution in [0.2, 0.25) is 0 Å². The van der Waals surface area contributed by atoms with E-state index in [4.69, 9.17) is 9.15 Å². The Kier molecular flexibility index (Phi) is 4.15. The molecule has 0 aliphatic carbocycles. The van der Waals surface area contributed by atoms with E-state index >= 15 is 0 Å². The van der Waals surface area contributed by atoms with Crippen molar-refractivity contribution in [1.29, 1.82) is 0 Å². The molecule has 3 nitrogen and oxygen atoms in total. The van der Waals surface area contributed by atoms with Crippen LogP contribution in [0, 0.1) is 0 Å². The highest BCUT2D eigenvalue weighted by Gasteiger charge is 2.08. The van der Waals surface area contributed by atoms with Crippen molar-refractivity contribution >= 4 is 0 Å². The van der Waals surface area contributed by atoms with E-state index in [9.17, 15) is 5.11 Å². The van der Waals surface area contributed by atoms with Crippen molar-refractivity contribution in [3.63, 3.8) is 0 Å². The van der Waals surface area contributed by atoms with Crippen molar-refractivity contribution in [2.75, 3.05) is 7.11 Å². The minimum Gasteiger partial charge on any atom is -0.508 e. The van der Waals surface area contributed by atoms with E-state index < -0.39 is 0 Å². The van der Waals surface area contributed by atoms with Gasteiger partial charge in [0.15, 0.2) is 0 Å². The maximum Gasteiger partial charge on any atom is 0.118 e. The molecule has 3 aromatic rings. The van der Waals surface area contributed by atoms with E-state index in [0.29, 0.717) is 0 Å². The van der Waals surface area contributed by atoms with Crippen LogP contribution >= 0.6 is 0 Å². The van der Waals surface area contributed by atoms with Gasteiger partial charge in [-0.1, -0.05) is 24.3 Å². The predicted octanol–water partition coefficient (Wildman–Crippen LogP) is 4.18. The SMILES string of the molecule is COc1ccc(Cc2cocc2Cc2ccc(O)cc2)cc1. The monoisotopic (exact) mass is 294 g/mol. The van der Waals surface area contributed by atoms with Crippen molar-refractivity contribution < 1.29 is 14.3 Å². The third-order valence-electron chi connectivity index (χ3n) is 3.72. The summed E-state index contributed by atoms with van der Waals surface area (Å²) in [6.45, 7) is 0. The standard InChI is InChI=1S/C19H18O3/c1-21-19-8-4-15(5-9-19)11-17-13-22-12-16(17)10-14-2-6-18(20)7-3-14/h2-9,12-13,20H,10-11H2,1H3. The molecule has 0 fully saturated rings. The van der Waals surface area contributed by atoms with Crippen molar-refractivity contribution in [1.82, 2.24) is 0 Å². The molecule has 0 aliphatic heterocycles. The smallest absolute Gasteiger partial charge is 0.118 e. The fraction of sp³-hybridized carbons (Fsp3) is 0.158. The molecule has 0 unspecified atom stereocenters. The first-order chi connectivity index (χ1) is 10.7. The first kappa shape index (κ1) is 14.3. The largest absolute Gasteiger partial charge is 0.508 e. The lowest BCUT2D eigenvalue weighted by molar-refractivity contribution is 0.414. The lowest BCUT2D eigenvalue weighted by Gasteiger charge is -2.05. The molecule has 0 spiro atoms. The van der Waals surface area contributed by atoms with Crippen LogP contribution < -0.4 is 4.74 Å². The maximum atomic E-state index is 9.35. The summed E-state index contributed by atoms with van der Waals surface area (Å²) in [6, 6.07) is 15.3. The summed E-state index contributed by atoms with van der Waals surface area (Å²) in [5, 5.41) is 9.35. The molecule has 112 valence electrons. The van der Waals surface area contributed by atoms with Gasteiger partial charge in [-0.05, 0) is 46.5 Å². The van der Waals surface area contributed by atoms with Gasteiger partial charge < -0.3 is 14.3 Å². The number of hydrogen-bond donors (Lipinski definition) is 1. The molecule has 0 atom stereocenters. The van der Waals surface area contributed by atoms with Crippen LogP contribution in [-0.4, -0.2) is 12.2 Å². The highest BCUT2D eigenvalue weighted by atomic mass is 16.5. The third-order valence-corrected chi connectivity index (χ3v) is 3.72. The number of ether oxygens (including phenoxy) is 1. The number of phenolic OH excluding ortho intramolecular Hbond substituents is 1. The van der Waals surface area contributed by atoms with E-state index in [1.807, 2.05) is 24.3 Å². The Morgan fingerprint density at radius 3 is 1.82 bits per heavy atom. The van der Waals surface area contributed by atoms with Gasteiger partial charge in [-0.3, -0.25) is 0 Å². The molecule has 3 rings (SSSR count). The third kappa shape index (κ3) is 3.31. The molecule has 0 saturated carbocycles. The minimum atomic E-state index is 0.286. The van der Waals surface area contributed by atoms with Crippen LogP contribution in [0.25, 0.3) is 0 Å². The summed E-state index contributed by atoms with van der Waals surface area (Å²) < 4.78 is 10.6. The van der Waals surface area contributed by atoms with Crippen LogP contribution in [-0.2, 0) is 12.8 Å². The first-order valence-corrected chi connectivity index (χ1v) is 7.19. The van der Waals surface area contributed by atoms with E-state index in [-0.39, 0.29) is 5.75 Å². The molecule has 1 N–H and O–H groups in total. The fourth-order valence-corrected chi connectivity index (χ4v) is 2.46. The molecule has 1 heterocycles. The van der Waals surface area contributed by atoms with Gasteiger partial charge in [-0.25, -0.2) is 0 Å². The molecule has 2 aromatic carbocycles. The average molecular weight is 294 g/mol. The van der Waals surface area contributed by atoms with E-state index in [1.54, 1.807) is 31.8 Å². The Morgan fingerprint density at radius 2 is 1.32 bits per heavy atom. The zero-order chi connectivity index (χ0) is 15.4. The van der Waals surface area contributed by atoms with E-state index in [0.717, 1.165) is 24.2 Å². The Labute approximate surface area is 129 Å². The Hall–Kier alpha value is -2.68. The molecular formula is C19H18O3. The predicted molar refractivity (Wildman–Crippen MR) is 85.4 cm³/mol. The van der Waals surface area contributed by atoms with Gasteiger partial charge in [0.1, 0.15) is 11.5 Å². The molecule has 1 aromatic heterocycles. The second kappa shape index (κ2) is 6.39. The van der Waals surface area contributed by atoms with Gasteiger partial charge >= 0.3 is 0 Å². The summed E-state index contributed by atoms with van der Waals surface area (Å²) in [5.74, 6) is 1.15. The number of phenols is 1. The zero-order valence-corrected chi connectivity index (χ0v) is 12.5. The quantitative estimate of drug-likeness (QED) is 0.767. The number of rotatable bonds is 5. The fourth-order valence-electron chi connectivity index (χ4n) is 2.46. The Morgan fingerprint density at radius 1 is 0.818 bits per heavy atom. The molecular weight excluding hydrogens is 276 g/mol. The van der Waals surface area contributed by atoms with Crippen molar-refractivity contribution in [2.45, 2.75) is 12.8 Å². The van der Waals surface area contributed by atoms with Crippen molar-refractivity contribution in [3.05, 3.63) is 83.3 Å². The van der Waals surface area contributed by atoms with Gasteiger partial charge in [-0.2, -0.15) is 0 Å². The van der Waals surface area contributed by atoms with Crippen LogP contribution in [0.15, 0.2) is 65.5 Å². The molecule has 0 radical (unpaired) electrons. The van der Waals surface area contributed by atoms with Crippen LogP contribution in [0.1, 0.15) is 22.3 Å². The number of hydrogen-bond acceptors (Lipinski definition) is 3. The highest BCUT2D eigenvalue weighted by molar-refractivity contribution is 5.36. The summed E-state index contributed by atoms with van der Waals surface area (Å²) in [5.41, 5.74) is 4.71. The summed E-state index contributed by atoms with van der Waals surface area (Å²) in [4.78, 5) is 0. The summed E-state index contributed by atoms with van der Waals surface area (Å²) in [6.07, 6.45) is 5.22. The van der Waals surface area contributed by atoms with Crippen LogP contribution in [0.5, 0.6) is 11.5 Å². The number of methoxy groups -OCH3 is 1. The molecule has 22 heavy (non-hydrogen) atoms. The van der Waals surface area contributed by atoms with E-state index in [1.165, 1.54) is 16.7 Å². The van der Waals surface area contributed by atoms with E-state index in [2.05, 4.69) is 12.1 Å². The van der Waals surface area contributed by atoms with Gasteiger partial charge in [0.2, 0.25) is 0 Å². The molecule has 0 amide bonds. The van der Waals surface area contributed by atoms with Gasteiger partial charge in [0.25, 0.3) is 0 Å². The second-order valence-corrected chi connectivity index (χ2v) is 5.29. The summed E-state index contributed by atoms with van der Waals surface area (Å²) >= 11 is 0. The molecule has 3 heteroatoms. The average Bonchev–Trinajstić information content (AvgIpc) is 2.97. The molecule has 0 saturated heterocycles. The maximum absolute atomic E-state index is 9.35. The number of benzene rings is 2. The topological polar surface area (TPSA) is 42.6 Å². The number of furan rings is 1.